The Morgan fingerprint density at radius 1 is 0.687 bits per heavy atom. The summed E-state index contributed by atoms with van der Waals surface area (Å²) in [6.07, 6.45) is -4.63. The molecule has 0 radical (unpaired) electrons. The van der Waals surface area contributed by atoms with Crippen molar-refractivity contribution < 1.29 is 85.6 Å². The van der Waals surface area contributed by atoms with Gasteiger partial charge in [0.15, 0.2) is 23.2 Å². The molecule has 0 fully saturated rings. The highest BCUT2D eigenvalue weighted by molar-refractivity contribution is 7.93. The lowest BCUT2D eigenvalue weighted by Gasteiger charge is -2.29. The van der Waals surface area contributed by atoms with E-state index in [4.69, 9.17) is 64.0 Å². The maximum atomic E-state index is 13.3. The fraction of sp³-hybridized carbons (Fsp3) is 0.298. The monoisotopic (exact) mass is 1260 g/mol. The molecule has 0 saturated carbocycles. The molecule has 0 unspecified atom stereocenters. The molecule has 7 rings (SSSR count). The number of hydrogen-bond donors (Lipinski definition) is 6. The Balaban J connectivity index is 0.000000329. The van der Waals surface area contributed by atoms with Gasteiger partial charge >= 0.3 is 24.3 Å². The second-order valence-corrected chi connectivity index (χ2v) is 19.9. The van der Waals surface area contributed by atoms with Crippen LogP contribution < -0.4 is 32.2 Å². The molecule has 0 aliphatic rings. The number of carbonyl (C=O) groups excluding carboxylic acids is 3. The van der Waals surface area contributed by atoms with Crippen LogP contribution in [0.5, 0.6) is 0 Å². The number of hydrogen-bond acceptors (Lipinski definition) is 21. The number of esters is 1. The zero-order chi connectivity index (χ0) is 61.4. The number of nitrogens with two attached hydrogens (primary N) is 3. The van der Waals surface area contributed by atoms with E-state index in [0.29, 0.717) is 37.8 Å². The number of halogens is 8. The van der Waals surface area contributed by atoms with E-state index >= 15 is 0 Å². The minimum Gasteiger partial charge on any atom is -0.460 e. The zero-order valence-electron chi connectivity index (χ0n) is 43.4. The summed E-state index contributed by atoms with van der Waals surface area (Å²) in [5.74, 6) is 0.656. The van der Waals surface area contributed by atoms with E-state index in [0.717, 1.165) is 53.4 Å². The van der Waals surface area contributed by atoms with Crippen molar-refractivity contribution in [2.45, 2.75) is 77.1 Å². The Morgan fingerprint density at radius 3 is 1.58 bits per heavy atom. The lowest BCUT2D eigenvalue weighted by atomic mass is 10.1. The number of hydrazine groups is 1. The van der Waals surface area contributed by atoms with Gasteiger partial charge in [0.1, 0.15) is 18.2 Å². The van der Waals surface area contributed by atoms with Crippen molar-refractivity contribution in [3.8, 4) is 17.3 Å². The molecule has 5 heterocycles. The van der Waals surface area contributed by atoms with Crippen LogP contribution in [0.25, 0.3) is 17.3 Å². The highest BCUT2D eigenvalue weighted by atomic mass is 35.5. The van der Waals surface area contributed by atoms with Gasteiger partial charge in [-0.25, -0.2) is 42.0 Å². The van der Waals surface area contributed by atoms with E-state index in [-0.39, 0.29) is 69.7 Å². The van der Waals surface area contributed by atoms with Crippen molar-refractivity contribution in [2.24, 2.45) is 11.6 Å². The van der Waals surface area contributed by atoms with Crippen LogP contribution in [0.3, 0.4) is 0 Å². The van der Waals surface area contributed by atoms with Crippen molar-refractivity contribution >= 4 is 78.2 Å². The number of aromatic nitrogens is 7. The number of nitrogen functional groups attached to an aromatic ring is 2. The summed E-state index contributed by atoms with van der Waals surface area (Å²) in [4.78, 5) is 41.6. The lowest BCUT2D eigenvalue weighted by Crippen LogP contribution is -2.48. The minimum absolute atomic E-state index is 0. The van der Waals surface area contributed by atoms with Gasteiger partial charge in [-0.15, -0.1) is 10.2 Å². The highest BCUT2D eigenvalue weighted by Crippen LogP contribution is 2.36. The number of nitrogens with zero attached hydrogens (tertiary/aromatic N) is 7. The Kier molecular flexibility index (Phi) is 24.9. The summed E-state index contributed by atoms with van der Waals surface area (Å²) in [7, 11) is -9.03. The minimum atomic E-state index is -4.77. The number of alkyl halides is 6. The molecule has 83 heavy (non-hydrogen) atoms. The predicted octanol–water partition coefficient (Wildman–Crippen LogP) is 7.87. The molecule has 0 saturated heterocycles. The van der Waals surface area contributed by atoms with E-state index in [1.54, 1.807) is 39.2 Å². The second kappa shape index (κ2) is 29.8. The van der Waals surface area contributed by atoms with E-state index in [1.165, 1.54) is 32.4 Å². The summed E-state index contributed by atoms with van der Waals surface area (Å²) in [6, 6.07) is 10.3. The molecule has 5 aromatic heterocycles. The summed E-state index contributed by atoms with van der Waals surface area (Å²) in [5.41, 5.74) is 8.53. The van der Waals surface area contributed by atoms with Crippen LogP contribution in [0.15, 0.2) is 104 Å². The Morgan fingerprint density at radius 2 is 1.17 bits per heavy atom. The molecule has 0 aliphatic carbocycles. The standard InChI is InChI=1S/C19H13ClF3N7O4S.C14H12ClF3N4O3S.C10H20O5.C3H4N2O.CH4/c1-9-2-3-11(7-12(9)19(21,22)23)35(32,33)29-13-6-10(20)8-25-15(13)17-26-27-18(16(24)31)30(17)14-4-5-34-28-14;1-7-2-3-9(5-10(7)14(16,17)18)26(24,25)22-11-4-8(15)6-20-12(11)13(23)21-19;1-5-12-9(11)10(13-6-2,14-7-3)15-8-4;4-3-1-2-6-5-3;/h2-8,29H,1H3,(H2,24,31);2-6,22H,19H2,1H3,(H,21,23);5-8H2,1-4H3;1-2H,(H2,4,5);1H4. The second-order valence-electron chi connectivity index (χ2n) is 15.6. The molecule has 36 heteroatoms. The molecule has 2 amide bonds. The van der Waals surface area contributed by atoms with E-state index in [2.05, 4.69) is 39.7 Å². The van der Waals surface area contributed by atoms with Crippen molar-refractivity contribution in [3.63, 3.8) is 0 Å². The van der Waals surface area contributed by atoms with Crippen LogP contribution in [0.2, 0.25) is 10.0 Å². The SMILES string of the molecule is C.CCOC(=O)C(OCC)(OCC)OCC.Cc1ccc(S(=O)(=O)Nc2cc(Cl)cnc2-c2nnc(C(N)=O)n2-c2ccon2)cc1C(F)(F)F.Cc1ccc(S(=O)(=O)Nc2cc(Cl)cnc2C(=O)NN)cc1C(F)(F)F.Nc1ccon1. The third-order valence-electron chi connectivity index (χ3n) is 9.93. The molecule has 2 aromatic carbocycles. The Hall–Kier alpha value is -7.99. The maximum Gasteiger partial charge on any atom is 0.416 e. The average Bonchev–Trinajstić information content (AvgIpc) is 4.24. The van der Waals surface area contributed by atoms with Crippen molar-refractivity contribution in [3.05, 3.63) is 129 Å². The zero-order valence-corrected chi connectivity index (χ0v) is 46.6. The quantitative estimate of drug-likeness (QED) is 0.0119. The number of carbonyl (C=O) groups is 3. The molecule has 0 spiro atoms. The number of ether oxygens (including phenoxy) is 4. The van der Waals surface area contributed by atoms with E-state index in [1.807, 2.05) is 4.72 Å². The van der Waals surface area contributed by atoms with Crippen LogP contribution in [0.1, 0.15) is 78.5 Å². The van der Waals surface area contributed by atoms with Gasteiger partial charge in [0.05, 0.1) is 68.8 Å². The molecule has 0 aliphatic heterocycles. The number of benzene rings is 2. The summed E-state index contributed by atoms with van der Waals surface area (Å²) in [6.45, 7) is 10.6. The number of anilines is 3. The van der Waals surface area contributed by atoms with Crippen LogP contribution in [-0.2, 0) is 56.1 Å². The normalized spacial score (nSPS) is 11.5. The molecular weight excluding hydrogens is 1200 g/mol. The Bertz CT molecular complexity index is 3530. The maximum absolute atomic E-state index is 13.3. The molecule has 7 aromatic rings. The Labute approximate surface area is 479 Å². The van der Waals surface area contributed by atoms with Crippen LogP contribution in [0, 0.1) is 13.8 Å². The number of primary amides is 1. The molecule has 9 N–H and O–H groups in total. The summed E-state index contributed by atoms with van der Waals surface area (Å²) in [5, 5.41) is 14.6. The number of nitrogens with one attached hydrogen (secondary N) is 3. The first kappa shape index (κ1) is 69.3. The van der Waals surface area contributed by atoms with Gasteiger partial charge < -0.3 is 39.5 Å². The molecule has 0 bridgehead atoms. The molecule has 26 nitrogen and oxygen atoms in total. The first-order valence-electron chi connectivity index (χ1n) is 23.0. The van der Waals surface area contributed by atoms with Crippen molar-refractivity contribution in [1.29, 1.82) is 0 Å². The first-order chi connectivity index (χ1) is 38.4. The van der Waals surface area contributed by atoms with Gasteiger partial charge in [-0.05, 0) is 89.1 Å². The van der Waals surface area contributed by atoms with Gasteiger partial charge in [0.25, 0.3) is 31.9 Å². The highest BCUT2D eigenvalue weighted by Gasteiger charge is 2.44. The van der Waals surface area contributed by atoms with Gasteiger partial charge in [0.2, 0.25) is 5.82 Å². The van der Waals surface area contributed by atoms with Crippen molar-refractivity contribution in [1.82, 2.24) is 40.5 Å². The first-order valence-corrected chi connectivity index (χ1v) is 26.8. The third-order valence-corrected chi connectivity index (χ3v) is 13.1. The fourth-order valence-electron chi connectivity index (χ4n) is 6.47. The number of rotatable bonds is 18. The van der Waals surface area contributed by atoms with Gasteiger partial charge in [0, 0.05) is 24.5 Å². The molecule has 0 atom stereocenters. The summed E-state index contributed by atoms with van der Waals surface area (Å²) < 4.78 is 165. The van der Waals surface area contributed by atoms with E-state index < -0.39 is 82.8 Å². The number of amides is 2. The van der Waals surface area contributed by atoms with Crippen LogP contribution in [0.4, 0.5) is 43.5 Å². The smallest absolute Gasteiger partial charge is 0.416 e. The van der Waals surface area contributed by atoms with E-state index in [9.17, 15) is 57.6 Å². The van der Waals surface area contributed by atoms with Gasteiger partial charge in [-0.2, -0.15) is 26.3 Å². The predicted molar refractivity (Wildman–Crippen MR) is 285 cm³/mol. The molecule has 452 valence electrons. The number of sulfonamides is 2. The summed E-state index contributed by atoms with van der Waals surface area (Å²) >= 11 is 11.7. The van der Waals surface area contributed by atoms with Crippen molar-refractivity contribution in [2.75, 3.05) is 41.6 Å². The number of aryl methyl sites for hydroxylation is 2. The lowest BCUT2D eigenvalue weighted by molar-refractivity contribution is -0.360. The average molecular weight is 1260 g/mol. The van der Waals surface area contributed by atoms with Crippen LogP contribution >= 0.6 is 23.2 Å². The largest absolute Gasteiger partial charge is 0.460 e. The molecular formula is C47H53Cl2F6N13O13S2. The van der Waals surface area contributed by atoms with Gasteiger partial charge in [-0.3, -0.25) is 24.5 Å². The fourth-order valence-corrected chi connectivity index (χ4v) is 8.95. The topological polar surface area (TPSA) is 379 Å². The third kappa shape index (κ3) is 18.5. The van der Waals surface area contributed by atoms with Gasteiger partial charge in [-0.1, -0.05) is 53.1 Å². The number of pyridine rings is 2. The van der Waals surface area contributed by atoms with Crippen LogP contribution in [-0.4, -0.2) is 102 Å².